The molecule has 1 N–H and O–H groups in total. The SMILES string of the molecule is CC12CC=C3C=C4CCC(N5CC(O)C5)C[C@]45CC[C@]3(O5)C1CC[C@@H]2c1ccc2ccncc2c1. The van der Waals surface area contributed by atoms with Crippen LogP contribution in [0.2, 0.25) is 0 Å². The van der Waals surface area contributed by atoms with Crippen molar-refractivity contribution in [1.82, 2.24) is 9.88 Å². The number of benzene rings is 1. The highest BCUT2D eigenvalue weighted by Gasteiger charge is 2.66. The largest absolute Gasteiger partial charge is 0.390 e. The Balaban J connectivity index is 1.14. The molecule has 6 aliphatic rings. The van der Waals surface area contributed by atoms with Crippen molar-refractivity contribution >= 4 is 10.8 Å². The Kier molecular flexibility index (Phi) is 4.26. The molecular formula is C31H36N2O2. The molecule has 3 unspecified atom stereocenters. The van der Waals surface area contributed by atoms with Crippen LogP contribution in [0.5, 0.6) is 0 Å². The van der Waals surface area contributed by atoms with E-state index in [2.05, 4.69) is 53.2 Å². The van der Waals surface area contributed by atoms with Crippen molar-refractivity contribution in [3.63, 3.8) is 0 Å². The summed E-state index contributed by atoms with van der Waals surface area (Å²) in [4.78, 5) is 6.88. The van der Waals surface area contributed by atoms with Gasteiger partial charge in [-0.25, -0.2) is 0 Å². The van der Waals surface area contributed by atoms with Gasteiger partial charge in [0.25, 0.3) is 0 Å². The van der Waals surface area contributed by atoms with Crippen molar-refractivity contribution in [2.45, 2.75) is 87.6 Å². The number of ether oxygens (including phenoxy) is 1. The normalized spacial score (nSPS) is 42.6. The number of β-amino-alcohol motifs (C(OH)–C–C–N with tert-alkyl or cyclic N) is 1. The zero-order valence-corrected chi connectivity index (χ0v) is 20.7. The molecule has 4 heteroatoms. The monoisotopic (exact) mass is 468 g/mol. The molecule has 35 heavy (non-hydrogen) atoms. The number of pyridine rings is 1. The minimum absolute atomic E-state index is 0.0637. The molecule has 2 bridgehead atoms. The zero-order valence-electron chi connectivity index (χ0n) is 20.7. The maximum absolute atomic E-state index is 9.88. The van der Waals surface area contributed by atoms with Crippen molar-refractivity contribution in [3.05, 3.63) is 65.5 Å². The van der Waals surface area contributed by atoms with E-state index in [9.17, 15) is 5.11 Å². The standard InChI is InChI=1S/C31H36N2O2/c1-29-10-8-24-15-23-4-5-25(33-18-26(34)19-33)16-30(23)11-12-31(24,35-30)28(29)7-6-27(29)21-3-2-20-9-13-32-17-22(20)14-21/h2-3,8-9,13-15,17,25-28,34H,4-7,10-12,16,18-19H2,1H3/t25?,27-,28?,29?,30-,31-/m1/s1. The lowest BCUT2D eigenvalue weighted by Crippen LogP contribution is -2.60. The lowest BCUT2D eigenvalue weighted by molar-refractivity contribution is -0.147. The molecule has 0 radical (unpaired) electrons. The fourth-order valence-corrected chi connectivity index (χ4v) is 9.35. The van der Waals surface area contributed by atoms with Gasteiger partial charge in [0.15, 0.2) is 0 Å². The number of hydrogen-bond donors (Lipinski definition) is 1. The molecule has 2 aromatic rings. The fourth-order valence-electron chi connectivity index (χ4n) is 9.35. The fraction of sp³-hybridized carbons (Fsp3) is 0.581. The van der Waals surface area contributed by atoms with Gasteiger partial charge in [0.05, 0.1) is 17.3 Å². The van der Waals surface area contributed by atoms with E-state index in [1.807, 2.05) is 12.4 Å². The molecule has 6 atom stereocenters. The van der Waals surface area contributed by atoms with Gasteiger partial charge in [-0.15, -0.1) is 0 Å². The summed E-state index contributed by atoms with van der Waals surface area (Å²) in [6.07, 6.45) is 18.4. The Morgan fingerprint density at radius 1 is 1.09 bits per heavy atom. The van der Waals surface area contributed by atoms with E-state index in [1.165, 1.54) is 54.0 Å². The van der Waals surface area contributed by atoms with Gasteiger partial charge in [0, 0.05) is 36.9 Å². The average Bonchev–Trinajstić information content (AvgIpc) is 3.36. The number of likely N-dealkylation sites (tertiary alicyclic amines) is 1. The van der Waals surface area contributed by atoms with Crippen LogP contribution in [-0.2, 0) is 4.74 Å². The number of hydrogen-bond acceptors (Lipinski definition) is 4. The van der Waals surface area contributed by atoms with Gasteiger partial charge in [-0.05, 0) is 103 Å². The molecule has 2 saturated carbocycles. The molecule has 3 aliphatic carbocycles. The Labute approximate surface area is 208 Å². The molecule has 4 fully saturated rings. The van der Waals surface area contributed by atoms with Crippen LogP contribution in [0.4, 0.5) is 0 Å². The highest BCUT2D eigenvalue weighted by Crippen LogP contribution is 2.69. The summed E-state index contributed by atoms with van der Waals surface area (Å²) < 4.78 is 7.45. The van der Waals surface area contributed by atoms with Gasteiger partial charge in [-0.1, -0.05) is 31.2 Å². The molecule has 8 rings (SSSR count). The van der Waals surface area contributed by atoms with Gasteiger partial charge in [-0.3, -0.25) is 9.88 Å². The van der Waals surface area contributed by atoms with E-state index >= 15 is 0 Å². The van der Waals surface area contributed by atoms with E-state index < -0.39 is 0 Å². The van der Waals surface area contributed by atoms with Crippen LogP contribution in [0.3, 0.4) is 0 Å². The lowest BCUT2D eigenvalue weighted by atomic mass is 9.58. The average molecular weight is 469 g/mol. The molecule has 1 aromatic heterocycles. The first kappa shape index (κ1) is 21.1. The quantitative estimate of drug-likeness (QED) is 0.630. The first-order valence-electron chi connectivity index (χ1n) is 13.9. The smallest absolute Gasteiger partial charge is 0.0974 e. The van der Waals surface area contributed by atoms with Crippen LogP contribution in [-0.4, -0.2) is 51.4 Å². The lowest BCUT2D eigenvalue weighted by Gasteiger charge is -2.55. The maximum atomic E-state index is 9.88. The summed E-state index contributed by atoms with van der Waals surface area (Å²) in [5.41, 5.74) is 4.62. The predicted molar refractivity (Wildman–Crippen MR) is 137 cm³/mol. The number of aliphatic hydroxyl groups is 1. The van der Waals surface area contributed by atoms with Gasteiger partial charge in [0.2, 0.25) is 0 Å². The molecular weight excluding hydrogens is 432 g/mol. The summed E-state index contributed by atoms with van der Waals surface area (Å²) in [5.74, 6) is 1.14. The summed E-state index contributed by atoms with van der Waals surface area (Å²) in [5, 5.41) is 12.4. The van der Waals surface area contributed by atoms with Crippen molar-refractivity contribution in [2.75, 3.05) is 13.1 Å². The minimum Gasteiger partial charge on any atom is -0.390 e. The van der Waals surface area contributed by atoms with Crippen LogP contribution in [0.15, 0.2) is 60.0 Å². The molecule has 4 heterocycles. The molecule has 2 saturated heterocycles. The molecule has 4 nitrogen and oxygen atoms in total. The van der Waals surface area contributed by atoms with Crippen molar-refractivity contribution in [1.29, 1.82) is 0 Å². The molecule has 182 valence electrons. The van der Waals surface area contributed by atoms with Gasteiger partial charge >= 0.3 is 0 Å². The maximum Gasteiger partial charge on any atom is 0.0974 e. The topological polar surface area (TPSA) is 45.6 Å². The number of aromatic nitrogens is 1. The zero-order chi connectivity index (χ0) is 23.4. The third-order valence-corrected chi connectivity index (χ3v) is 11.1. The summed E-state index contributed by atoms with van der Waals surface area (Å²) >= 11 is 0. The molecule has 3 aliphatic heterocycles. The van der Waals surface area contributed by atoms with E-state index in [-0.39, 0.29) is 22.7 Å². The second-order valence-corrected chi connectivity index (χ2v) is 12.7. The molecule has 1 aromatic carbocycles. The van der Waals surface area contributed by atoms with Crippen LogP contribution >= 0.6 is 0 Å². The highest BCUT2D eigenvalue weighted by molar-refractivity contribution is 5.82. The van der Waals surface area contributed by atoms with E-state index in [0.717, 1.165) is 32.4 Å². The van der Waals surface area contributed by atoms with Crippen molar-refractivity contribution in [2.24, 2.45) is 11.3 Å². The van der Waals surface area contributed by atoms with Gasteiger partial charge < -0.3 is 9.84 Å². The van der Waals surface area contributed by atoms with Gasteiger partial charge in [-0.2, -0.15) is 0 Å². The van der Waals surface area contributed by atoms with Crippen molar-refractivity contribution in [3.8, 4) is 0 Å². The molecule has 0 amide bonds. The first-order chi connectivity index (χ1) is 17.0. The summed E-state index contributed by atoms with van der Waals surface area (Å²) in [7, 11) is 0. The van der Waals surface area contributed by atoms with Gasteiger partial charge in [0.1, 0.15) is 0 Å². The molecule has 2 spiro atoms. The second kappa shape index (κ2) is 7.06. The van der Waals surface area contributed by atoms with E-state index in [4.69, 9.17) is 4.74 Å². The third kappa shape index (κ3) is 2.77. The number of fused-ring (bicyclic) bond motifs is 2. The Hall–Kier alpha value is -2.01. The number of allylic oxidation sites excluding steroid dienone is 1. The summed E-state index contributed by atoms with van der Waals surface area (Å²) in [6.45, 7) is 4.25. The van der Waals surface area contributed by atoms with Crippen LogP contribution in [0, 0.1) is 11.3 Å². The predicted octanol–water partition coefficient (Wildman–Crippen LogP) is 5.52. The van der Waals surface area contributed by atoms with Crippen LogP contribution < -0.4 is 0 Å². The minimum atomic E-state index is -0.124. The van der Waals surface area contributed by atoms with Crippen molar-refractivity contribution < 1.29 is 9.84 Å². The van der Waals surface area contributed by atoms with Crippen LogP contribution in [0.1, 0.15) is 69.8 Å². The number of aliphatic hydroxyl groups excluding tert-OH is 1. The Morgan fingerprint density at radius 2 is 2.00 bits per heavy atom. The Morgan fingerprint density at radius 3 is 2.89 bits per heavy atom. The third-order valence-electron chi connectivity index (χ3n) is 11.1. The highest BCUT2D eigenvalue weighted by atomic mass is 16.5. The number of nitrogens with zero attached hydrogens (tertiary/aromatic N) is 2. The summed E-state index contributed by atoms with van der Waals surface area (Å²) in [6, 6.07) is 9.75. The number of rotatable bonds is 2. The van der Waals surface area contributed by atoms with E-state index in [1.54, 1.807) is 5.57 Å². The Bertz CT molecular complexity index is 1280. The first-order valence-corrected chi connectivity index (χ1v) is 13.9. The van der Waals surface area contributed by atoms with E-state index in [0.29, 0.717) is 17.9 Å². The second-order valence-electron chi connectivity index (χ2n) is 12.7. The van der Waals surface area contributed by atoms with Crippen LogP contribution in [0.25, 0.3) is 10.8 Å².